The molecule has 0 bridgehead atoms. The first kappa shape index (κ1) is 16.3. The van der Waals surface area contributed by atoms with Crippen molar-refractivity contribution in [2.45, 2.75) is 6.10 Å². The summed E-state index contributed by atoms with van der Waals surface area (Å²) < 4.78 is 19.4. The molecule has 0 spiro atoms. The monoisotopic (exact) mass is 250 g/mol. The zero-order valence-corrected chi connectivity index (χ0v) is 10.0. The third-order valence-electron chi connectivity index (χ3n) is 1.65. The van der Waals surface area contributed by atoms with Gasteiger partial charge in [0.05, 0.1) is 52.5 Å². The molecule has 1 aliphatic rings. The van der Waals surface area contributed by atoms with E-state index in [0.717, 1.165) is 6.61 Å². The first-order valence-corrected chi connectivity index (χ1v) is 5.56. The maximum absolute atomic E-state index is 8.26. The highest BCUT2D eigenvalue weighted by molar-refractivity contribution is 4.68. The Hall–Kier alpha value is -0.660. The minimum absolute atomic E-state index is 0.0417. The van der Waals surface area contributed by atoms with E-state index in [2.05, 4.69) is 6.58 Å². The third-order valence-corrected chi connectivity index (χ3v) is 1.65. The minimum Gasteiger partial charge on any atom is -0.499 e. The molecule has 0 radical (unpaired) electrons. The summed E-state index contributed by atoms with van der Waals surface area (Å²) in [6, 6.07) is 0. The van der Waals surface area contributed by atoms with Crippen LogP contribution in [-0.4, -0.2) is 69.2 Å². The van der Waals surface area contributed by atoms with Crippen LogP contribution in [0, 0.1) is 0 Å². The van der Waals surface area contributed by atoms with E-state index in [9.17, 15) is 0 Å². The predicted molar refractivity (Wildman–Crippen MR) is 61.7 cm³/mol. The number of aliphatic hydroxyl groups excluding tert-OH is 2. The average molecular weight is 250 g/mol. The SMILES string of the molecule is C=COCC1CO1.OCCOCCOCCO. The second-order valence-corrected chi connectivity index (χ2v) is 3.13. The van der Waals surface area contributed by atoms with Crippen LogP contribution in [0.15, 0.2) is 12.8 Å². The van der Waals surface area contributed by atoms with Gasteiger partial charge < -0.3 is 29.2 Å². The van der Waals surface area contributed by atoms with E-state index >= 15 is 0 Å². The molecular formula is C11H22O6. The standard InChI is InChI=1S/C6H14O4.C5H8O2/c7-1-3-9-5-6-10-4-2-8;1-2-6-3-5-4-7-5/h7-8H,1-6H2;2,5H,1,3-4H2. The van der Waals surface area contributed by atoms with E-state index in [1.54, 1.807) is 0 Å². The largest absolute Gasteiger partial charge is 0.499 e. The van der Waals surface area contributed by atoms with Crippen LogP contribution < -0.4 is 0 Å². The summed E-state index contributed by atoms with van der Waals surface area (Å²) in [5.41, 5.74) is 0. The van der Waals surface area contributed by atoms with Gasteiger partial charge in [0, 0.05) is 0 Å². The van der Waals surface area contributed by atoms with Crippen molar-refractivity contribution in [3.63, 3.8) is 0 Å². The number of aliphatic hydroxyl groups is 2. The van der Waals surface area contributed by atoms with Crippen LogP contribution in [0.5, 0.6) is 0 Å². The highest BCUT2D eigenvalue weighted by atomic mass is 16.6. The van der Waals surface area contributed by atoms with Crippen LogP contribution in [0.1, 0.15) is 0 Å². The van der Waals surface area contributed by atoms with Crippen LogP contribution in [0.4, 0.5) is 0 Å². The molecule has 1 saturated heterocycles. The first-order chi connectivity index (χ1) is 8.35. The van der Waals surface area contributed by atoms with Crippen molar-refractivity contribution < 1.29 is 29.2 Å². The lowest BCUT2D eigenvalue weighted by Gasteiger charge is -2.01. The van der Waals surface area contributed by atoms with E-state index in [1.165, 1.54) is 6.26 Å². The molecule has 0 saturated carbocycles. The number of hydrogen-bond acceptors (Lipinski definition) is 6. The van der Waals surface area contributed by atoms with Gasteiger partial charge in [-0.3, -0.25) is 0 Å². The van der Waals surface area contributed by atoms with E-state index in [-0.39, 0.29) is 13.2 Å². The lowest BCUT2D eigenvalue weighted by Crippen LogP contribution is -2.09. The zero-order chi connectivity index (χ0) is 12.8. The van der Waals surface area contributed by atoms with E-state index in [1.807, 2.05) is 0 Å². The van der Waals surface area contributed by atoms with Crippen LogP contribution in [0.3, 0.4) is 0 Å². The number of ether oxygens (including phenoxy) is 4. The van der Waals surface area contributed by atoms with Gasteiger partial charge >= 0.3 is 0 Å². The van der Waals surface area contributed by atoms with E-state index in [0.29, 0.717) is 39.1 Å². The van der Waals surface area contributed by atoms with Crippen LogP contribution in [0.2, 0.25) is 0 Å². The van der Waals surface area contributed by atoms with Crippen molar-refractivity contribution in [3.8, 4) is 0 Å². The van der Waals surface area contributed by atoms with Gasteiger partial charge in [-0.05, 0) is 0 Å². The molecular weight excluding hydrogens is 228 g/mol. The molecule has 1 aliphatic heterocycles. The molecule has 1 rings (SSSR count). The molecule has 1 atom stereocenters. The molecule has 6 heteroatoms. The van der Waals surface area contributed by atoms with E-state index < -0.39 is 0 Å². The van der Waals surface area contributed by atoms with Crippen molar-refractivity contribution in [2.24, 2.45) is 0 Å². The lowest BCUT2D eigenvalue weighted by molar-refractivity contribution is 0.0222. The summed E-state index contributed by atoms with van der Waals surface area (Å²) in [5, 5.41) is 16.5. The molecule has 0 aromatic carbocycles. The van der Waals surface area contributed by atoms with Crippen molar-refractivity contribution in [2.75, 3.05) is 52.9 Å². The van der Waals surface area contributed by atoms with Crippen molar-refractivity contribution in [3.05, 3.63) is 12.8 Å². The molecule has 2 N–H and O–H groups in total. The fourth-order valence-electron chi connectivity index (χ4n) is 0.791. The molecule has 102 valence electrons. The van der Waals surface area contributed by atoms with Crippen LogP contribution >= 0.6 is 0 Å². The number of epoxide rings is 1. The van der Waals surface area contributed by atoms with Gasteiger partial charge in [0.25, 0.3) is 0 Å². The fraction of sp³-hybridized carbons (Fsp3) is 0.818. The maximum atomic E-state index is 8.26. The maximum Gasteiger partial charge on any atom is 0.116 e. The number of rotatable bonds is 10. The quantitative estimate of drug-likeness (QED) is 0.310. The van der Waals surface area contributed by atoms with Gasteiger partial charge in [0.15, 0.2) is 0 Å². The number of hydrogen-bond donors (Lipinski definition) is 2. The Bertz CT molecular complexity index is 152. The normalized spacial score (nSPS) is 16.9. The van der Waals surface area contributed by atoms with Gasteiger partial charge in [-0.25, -0.2) is 0 Å². The summed E-state index contributed by atoms with van der Waals surface area (Å²) in [4.78, 5) is 0. The molecule has 0 aromatic heterocycles. The Morgan fingerprint density at radius 2 is 1.65 bits per heavy atom. The summed E-state index contributed by atoms with van der Waals surface area (Å²) in [6.07, 6.45) is 1.79. The van der Waals surface area contributed by atoms with Gasteiger partial charge in [-0.2, -0.15) is 0 Å². The first-order valence-electron chi connectivity index (χ1n) is 5.56. The topological polar surface area (TPSA) is 80.7 Å². The molecule has 0 amide bonds. The highest BCUT2D eigenvalue weighted by Gasteiger charge is 2.21. The van der Waals surface area contributed by atoms with Crippen molar-refractivity contribution >= 4 is 0 Å². The summed E-state index contributed by atoms with van der Waals surface area (Å²) in [6.45, 7) is 6.64. The van der Waals surface area contributed by atoms with Crippen LogP contribution in [0.25, 0.3) is 0 Å². The molecule has 1 heterocycles. The Morgan fingerprint density at radius 3 is 2.00 bits per heavy atom. The Kier molecular flexibility index (Phi) is 12.9. The summed E-state index contributed by atoms with van der Waals surface area (Å²) >= 11 is 0. The van der Waals surface area contributed by atoms with Crippen molar-refractivity contribution in [1.82, 2.24) is 0 Å². The third kappa shape index (κ3) is 15.3. The van der Waals surface area contributed by atoms with Gasteiger partial charge in [0.1, 0.15) is 12.7 Å². The summed E-state index contributed by atoms with van der Waals surface area (Å²) in [7, 11) is 0. The molecule has 1 unspecified atom stereocenters. The molecule has 6 nitrogen and oxygen atoms in total. The second-order valence-electron chi connectivity index (χ2n) is 3.13. The lowest BCUT2D eigenvalue weighted by atomic mass is 10.5. The molecule has 17 heavy (non-hydrogen) atoms. The van der Waals surface area contributed by atoms with Gasteiger partial charge in [-0.1, -0.05) is 6.58 Å². The minimum atomic E-state index is 0.0417. The molecule has 0 aromatic rings. The van der Waals surface area contributed by atoms with Gasteiger partial charge in [0.2, 0.25) is 0 Å². The molecule has 0 aliphatic carbocycles. The predicted octanol–water partition coefficient (Wildman–Crippen LogP) is -0.450. The Morgan fingerprint density at radius 1 is 1.12 bits per heavy atom. The summed E-state index contributed by atoms with van der Waals surface area (Å²) in [5.74, 6) is 0. The highest BCUT2D eigenvalue weighted by Crippen LogP contribution is 2.07. The van der Waals surface area contributed by atoms with Gasteiger partial charge in [-0.15, -0.1) is 0 Å². The average Bonchev–Trinajstić information content (AvgIpc) is 3.16. The second kappa shape index (κ2) is 13.4. The smallest absolute Gasteiger partial charge is 0.116 e. The Balaban J connectivity index is 0.000000318. The van der Waals surface area contributed by atoms with Crippen molar-refractivity contribution in [1.29, 1.82) is 0 Å². The zero-order valence-electron chi connectivity index (χ0n) is 10.0. The van der Waals surface area contributed by atoms with E-state index in [4.69, 9.17) is 29.2 Å². The van der Waals surface area contributed by atoms with Crippen LogP contribution in [-0.2, 0) is 18.9 Å². The molecule has 1 fully saturated rings. The Labute approximate surface area is 102 Å². The fourth-order valence-corrected chi connectivity index (χ4v) is 0.791.